The minimum atomic E-state index is -3.78. The first-order chi connectivity index (χ1) is 8.77. The number of rotatable bonds is 6. The van der Waals surface area contributed by atoms with Crippen LogP contribution in [0.1, 0.15) is 40.7 Å². The molecule has 1 aromatic rings. The third-order valence-corrected chi connectivity index (χ3v) is 5.41. The molecule has 1 rings (SSSR count). The van der Waals surface area contributed by atoms with Crippen molar-refractivity contribution in [3.63, 3.8) is 0 Å². The summed E-state index contributed by atoms with van der Waals surface area (Å²) in [6.07, 6.45) is 3.11. The Hall–Kier alpha value is -0.590. The highest BCUT2D eigenvalue weighted by atomic mass is 35.7. The molecule has 0 aliphatic rings. The number of nitrogens with zero attached hydrogens (tertiary/aromatic N) is 1. The summed E-state index contributed by atoms with van der Waals surface area (Å²) in [4.78, 5) is 14.7. The molecule has 7 heteroatoms. The van der Waals surface area contributed by atoms with Gasteiger partial charge in [-0.3, -0.25) is 4.79 Å². The van der Waals surface area contributed by atoms with E-state index in [0.29, 0.717) is 16.3 Å². The molecule has 0 saturated heterocycles. The zero-order valence-corrected chi connectivity index (χ0v) is 13.7. The van der Waals surface area contributed by atoms with E-state index in [4.69, 9.17) is 10.7 Å². The van der Waals surface area contributed by atoms with Gasteiger partial charge in [0, 0.05) is 29.2 Å². The van der Waals surface area contributed by atoms with Crippen molar-refractivity contribution in [2.24, 2.45) is 0 Å². The Morgan fingerprint density at radius 2 is 2.05 bits per heavy atom. The molecule has 0 radical (unpaired) electrons. The molecule has 0 fully saturated rings. The number of hydrogen-bond donors (Lipinski definition) is 0. The Labute approximate surface area is 122 Å². The summed E-state index contributed by atoms with van der Waals surface area (Å²) >= 11 is 1.16. The fourth-order valence-electron chi connectivity index (χ4n) is 1.70. The van der Waals surface area contributed by atoms with E-state index in [0.717, 1.165) is 30.6 Å². The number of carbonyl (C=O) groups is 1. The molecule has 1 amide bonds. The Bertz CT molecular complexity index is 551. The van der Waals surface area contributed by atoms with Crippen molar-refractivity contribution in [2.45, 2.75) is 38.0 Å². The Morgan fingerprint density at radius 3 is 2.53 bits per heavy atom. The van der Waals surface area contributed by atoms with Gasteiger partial charge < -0.3 is 4.90 Å². The molecule has 4 nitrogen and oxygen atoms in total. The summed E-state index contributed by atoms with van der Waals surface area (Å²) in [5.74, 6) is -0.157. The van der Waals surface area contributed by atoms with E-state index >= 15 is 0 Å². The van der Waals surface area contributed by atoms with Crippen LogP contribution in [0.3, 0.4) is 0 Å². The van der Waals surface area contributed by atoms with Gasteiger partial charge in [0.2, 0.25) is 0 Å². The average Bonchev–Trinajstić information content (AvgIpc) is 2.70. The van der Waals surface area contributed by atoms with Crippen LogP contribution in [0.5, 0.6) is 0 Å². The van der Waals surface area contributed by atoms with E-state index < -0.39 is 9.05 Å². The SMILES string of the molecule is CCCCCN(C)C(=O)c1cc(S(=O)(=O)Cl)c(C)s1. The maximum Gasteiger partial charge on any atom is 0.263 e. The number of unbranched alkanes of at least 4 members (excludes halogenated alkanes) is 2. The number of thiophene rings is 1. The zero-order chi connectivity index (χ0) is 14.6. The standard InChI is InChI=1S/C12H18ClNO3S2/c1-4-5-6-7-14(3)12(15)10-8-11(9(2)18-10)19(13,16)17/h8H,4-7H2,1-3H3. The first kappa shape index (κ1) is 16.5. The Balaban J connectivity index is 2.84. The lowest BCUT2D eigenvalue weighted by Gasteiger charge is -2.15. The summed E-state index contributed by atoms with van der Waals surface area (Å²) in [5.41, 5.74) is 0. The van der Waals surface area contributed by atoms with Gasteiger partial charge in [-0.05, 0) is 19.4 Å². The fraction of sp³-hybridized carbons (Fsp3) is 0.583. The Morgan fingerprint density at radius 1 is 1.42 bits per heavy atom. The molecular formula is C12H18ClNO3S2. The lowest BCUT2D eigenvalue weighted by Crippen LogP contribution is -2.27. The van der Waals surface area contributed by atoms with Gasteiger partial charge in [0.1, 0.15) is 0 Å². The van der Waals surface area contributed by atoms with Gasteiger partial charge in [-0.15, -0.1) is 11.3 Å². The highest BCUT2D eigenvalue weighted by Crippen LogP contribution is 2.28. The fourth-order valence-corrected chi connectivity index (χ4v) is 4.36. The number of amides is 1. The van der Waals surface area contributed by atoms with Crippen LogP contribution >= 0.6 is 22.0 Å². The van der Waals surface area contributed by atoms with Crippen molar-refractivity contribution in [1.29, 1.82) is 0 Å². The number of halogens is 1. The van der Waals surface area contributed by atoms with E-state index in [-0.39, 0.29) is 10.8 Å². The number of carbonyl (C=O) groups excluding carboxylic acids is 1. The van der Waals surface area contributed by atoms with Crippen molar-refractivity contribution in [3.8, 4) is 0 Å². The van der Waals surface area contributed by atoms with Crippen LogP contribution in [0.4, 0.5) is 0 Å². The molecule has 0 spiro atoms. The summed E-state index contributed by atoms with van der Waals surface area (Å²) in [6, 6.07) is 1.36. The summed E-state index contributed by atoms with van der Waals surface area (Å²) < 4.78 is 22.6. The molecule has 0 saturated carbocycles. The minimum absolute atomic E-state index is 0.0319. The first-order valence-electron chi connectivity index (χ1n) is 6.08. The molecule has 0 aliphatic heterocycles. The summed E-state index contributed by atoms with van der Waals surface area (Å²) in [7, 11) is 3.26. The molecule has 0 aliphatic carbocycles. The van der Waals surface area contributed by atoms with Gasteiger partial charge >= 0.3 is 0 Å². The second kappa shape index (κ2) is 6.72. The van der Waals surface area contributed by atoms with Crippen LogP contribution in [-0.2, 0) is 9.05 Å². The van der Waals surface area contributed by atoms with Crippen molar-refractivity contribution in [1.82, 2.24) is 4.90 Å². The topological polar surface area (TPSA) is 54.5 Å². The van der Waals surface area contributed by atoms with Crippen molar-refractivity contribution < 1.29 is 13.2 Å². The predicted molar refractivity (Wildman–Crippen MR) is 78.6 cm³/mol. The third-order valence-electron chi connectivity index (χ3n) is 2.79. The van der Waals surface area contributed by atoms with Gasteiger partial charge in [-0.1, -0.05) is 19.8 Å². The highest BCUT2D eigenvalue weighted by Gasteiger charge is 2.21. The lowest BCUT2D eigenvalue weighted by atomic mass is 10.2. The van der Waals surface area contributed by atoms with Crippen LogP contribution in [0.15, 0.2) is 11.0 Å². The van der Waals surface area contributed by atoms with Gasteiger partial charge in [0.05, 0.1) is 9.77 Å². The monoisotopic (exact) mass is 323 g/mol. The van der Waals surface area contributed by atoms with E-state index in [9.17, 15) is 13.2 Å². The molecule has 19 heavy (non-hydrogen) atoms. The van der Waals surface area contributed by atoms with Crippen molar-refractivity contribution in [3.05, 3.63) is 15.8 Å². The van der Waals surface area contributed by atoms with Gasteiger partial charge in [0.15, 0.2) is 0 Å². The largest absolute Gasteiger partial charge is 0.341 e. The van der Waals surface area contributed by atoms with Crippen LogP contribution < -0.4 is 0 Å². The van der Waals surface area contributed by atoms with Crippen LogP contribution in [0.2, 0.25) is 0 Å². The second-order valence-electron chi connectivity index (χ2n) is 4.40. The smallest absolute Gasteiger partial charge is 0.263 e. The average molecular weight is 324 g/mol. The molecule has 0 aromatic carbocycles. The quantitative estimate of drug-likeness (QED) is 0.596. The Kier molecular flexibility index (Phi) is 5.82. The summed E-state index contributed by atoms with van der Waals surface area (Å²) in [6.45, 7) is 4.42. The molecule has 0 atom stereocenters. The molecule has 0 N–H and O–H groups in total. The molecule has 0 bridgehead atoms. The maximum absolute atomic E-state index is 12.1. The van der Waals surface area contributed by atoms with Gasteiger partial charge in [0.25, 0.3) is 15.0 Å². The first-order valence-corrected chi connectivity index (χ1v) is 9.20. The van der Waals surface area contributed by atoms with Gasteiger partial charge in [-0.2, -0.15) is 0 Å². The van der Waals surface area contributed by atoms with Gasteiger partial charge in [-0.25, -0.2) is 8.42 Å². The van der Waals surface area contributed by atoms with Crippen LogP contribution in [-0.4, -0.2) is 32.8 Å². The number of aryl methyl sites for hydroxylation is 1. The van der Waals surface area contributed by atoms with E-state index in [1.807, 2.05) is 0 Å². The normalized spacial score (nSPS) is 11.6. The van der Waals surface area contributed by atoms with Crippen molar-refractivity contribution >= 4 is 37.0 Å². The van der Waals surface area contributed by atoms with E-state index in [1.165, 1.54) is 6.07 Å². The van der Waals surface area contributed by atoms with E-state index in [2.05, 4.69) is 6.92 Å². The van der Waals surface area contributed by atoms with Crippen LogP contribution in [0, 0.1) is 6.92 Å². The van der Waals surface area contributed by atoms with E-state index in [1.54, 1.807) is 18.9 Å². The third kappa shape index (κ3) is 4.47. The van der Waals surface area contributed by atoms with Crippen LogP contribution in [0.25, 0.3) is 0 Å². The molecular weight excluding hydrogens is 306 g/mol. The van der Waals surface area contributed by atoms with Crippen molar-refractivity contribution in [2.75, 3.05) is 13.6 Å². The minimum Gasteiger partial charge on any atom is -0.341 e. The molecule has 0 unspecified atom stereocenters. The predicted octanol–water partition coefficient (Wildman–Crippen LogP) is 3.25. The highest BCUT2D eigenvalue weighted by molar-refractivity contribution is 8.13. The number of hydrogen-bond acceptors (Lipinski definition) is 4. The zero-order valence-electron chi connectivity index (χ0n) is 11.3. The second-order valence-corrected chi connectivity index (χ2v) is 8.19. The molecule has 1 heterocycles. The maximum atomic E-state index is 12.1. The summed E-state index contributed by atoms with van der Waals surface area (Å²) in [5, 5.41) is 0. The molecule has 108 valence electrons. The molecule has 1 aromatic heterocycles. The lowest BCUT2D eigenvalue weighted by molar-refractivity contribution is 0.0797.